The van der Waals surface area contributed by atoms with E-state index in [9.17, 15) is 19.7 Å². The number of aldehydes is 1. The molecule has 0 fully saturated rings. The van der Waals surface area contributed by atoms with Crippen LogP contribution in [-0.4, -0.2) is 26.9 Å². The van der Waals surface area contributed by atoms with Gasteiger partial charge in [0.2, 0.25) is 0 Å². The summed E-state index contributed by atoms with van der Waals surface area (Å²) in [4.78, 5) is 37.7. The van der Waals surface area contributed by atoms with Gasteiger partial charge in [-0.1, -0.05) is 30.3 Å². The number of carbonyl (C=O) groups excluding carboxylic acids is 2. The summed E-state index contributed by atoms with van der Waals surface area (Å²) in [6.07, 6.45) is 1.14. The normalized spacial score (nSPS) is 10.3. The first-order valence-electron chi connectivity index (χ1n) is 7.59. The quantitative estimate of drug-likeness (QED) is 0.396. The number of non-ortho nitro benzene ring substituents is 1. The van der Waals surface area contributed by atoms with Gasteiger partial charge in [-0.2, -0.15) is 0 Å². The minimum atomic E-state index is -0.706. The molecule has 8 heteroatoms. The topological polar surface area (TPSA) is 104 Å². The van der Waals surface area contributed by atoms with E-state index in [2.05, 4.69) is 4.98 Å². The van der Waals surface area contributed by atoms with Gasteiger partial charge in [-0.3, -0.25) is 14.9 Å². The number of carbonyl (C=O) groups is 2. The van der Waals surface area contributed by atoms with Crippen molar-refractivity contribution in [3.05, 3.63) is 82.2 Å². The van der Waals surface area contributed by atoms with E-state index in [4.69, 9.17) is 4.74 Å². The van der Waals surface area contributed by atoms with Crippen LogP contribution < -0.4 is 0 Å². The van der Waals surface area contributed by atoms with Gasteiger partial charge in [-0.15, -0.1) is 0 Å². The second kappa shape index (κ2) is 7.39. The van der Waals surface area contributed by atoms with Crippen molar-refractivity contribution in [1.82, 2.24) is 9.55 Å². The molecule has 2 aromatic carbocycles. The molecule has 0 N–H and O–H groups in total. The minimum Gasteiger partial charge on any atom is -0.444 e. The van der Waals surface area contributed by atoms with E-state index in [-0.39, 0.29) is 18.0 Å². The molecule has 0 spiro atoms. The summed E-state index contributed by atoms with van der Waals surface area (Å²) in [7, 11) is 0. The number of hydrogen-bond donors (Lipinski definition) is 0. The summed E-state index contributed by atoms with van der Waals surface area (Å²) >= 11 is 0. The van der Waals surface area contributed by atoms with E-state index in [1.165, 1.54) is 30.5 Å². The van der Waals surface area contributed by atoms with Crippen molar-refractivity contribution in [3.8, 4) is 11.4 Å². The van der Waals surface area contributed by atoms with Crippen molar-refractivity contribution in [1.29, 1.82) is 0 Å². The van der Waals surface area contributed by atoms with Crippen molar-refractivity contribution in [2.75, 3.05) is 0 Å². The Hall–Kier alpha value is -3.81. The summed E-state index contributed by atoms with van der Waals surface area (Å²) in [5.74, 6) is 0.293. The van der Waals surface area contributed by atoms with Gasteiger partial charge in [0.25, 0.3) is 5.69 Å². The van der Waals surface area contributed by atoms with Crippen LogP contribution in [0.3, 0.4) is 0 Å². The third-order valence-electron chi connectivity index (χ3n) is 3.58. The zero-order valence-electron chi connectivity index (χ0n) is 13.4. The summed E-state index contributed by atoms with van der Waals surface area (Å²) in [6, 6.07) is 14.6. The first kappa shape index (κ1) is 17.0. The number of hydrogen-bond acceptors (Lipinski definition) is 6. The first-order valence-corrected chi connectivity index (χ1v) is 7.59. The molecule has 3 rings (SSSR count). The predicted octanol–water partition coefficient (Wildman–Crippen LogP) is 3.46. The van der Waals surface area contributed by atoms with E-state index >= 15 is 0 Å². The second-order valence-electron chi connectivity index (χ2n) is 5.32. The monoisotopic (exact) mass is 351 g/mol. The van der Waals surface area contributed by atoms with E-state index in [1.54, 1.807) is 24.3 Å². The molecule has 130 valence electrons. The predicted molar refractivity (Wildman–Crippen MR) is 91.7 cm³/mol. The van der Waals surface area contributed by atoms with Gasteiger partial charge in [-0.05, 0) is 17.7 Å². The number of rotatable bonds is 5. The maximum atomic E-state index is 12.4. The smallest absolute Gasteiger partial charge is 0.420 e. The molecule has 0 saturated heterocycles. The van der Waals surface area contributed by atoms with Crippen LogP contribution in [0.25, 0.3) is 11.4 Å². The van der Waals surface area contributed by atoms with Crippen molar-refractivity contribution in [2.24, 2.45) is 0 Å². The molecule has 26 heavy (non-hydrogen) atoms. The summed E-state index contributed by atoms with van der Waals surface area (Å²) in [6.45, 7) is -0.0698. The van der Waals surface area contributed by atoms with Gasteiger partial charge in [0.1, 0.15) is 18.1 Å². The molecule has 0 atom stereocenters. The lowest BCUT2D eigenvalue weighted by atomic mass is 10.2. The number of nitro benzene ring substituents is 1. The number of nitrogens with zero attached hydrogens (tertiary/aromatic N) is 3. The first-order chi connectivity index (χ1) is 12.6. The molecule has 0 saturated carbocycles. The van der Waals surface area contributed by atoms with Crippen molar-refractivity contribution >= 4 is 18.1 Å². The molecule has 0 unspecified atom stereocenters. The lowest BCUT2D eigenvalue weighted by Gasteiger charge is -2.08. The van der Waals surface area contributed by atoms with Gasteiger partial charge < -0.3 is 4.74 Å². The van der Waals surface area contributed by atoms with Crippen molar-refractivity contribution in [2.45, 2.75) is 6.61 Å². The third-order valence-corrected chi connectivity index (χ3v) is 3.58. The number of ether oxygens (including phenoxy) is 1. The molecule has 0 radical (unpaired) electrons. The van der Waals surface area contributed by atoms with Crippen LogP contribution in [0.15, 0.2) is 60.8 Å². The number of aromatic nitrogens is 2. The molecule has 3 aromatic rings. The Morgan fingerprint density at radius 3 is 2.46 bits per heavy atom. The van der Waals surface area contributed by atoms with Gasteiger partial charge in [0.05, 0.1) is 4.92 Å². The highest BCUT2D eigenvalue weighted by Gasteiger charge is 2.17. The third kappa shape index (κ3) is 3.64. The fourth-order valence-electron chi connectivity index (χ4n) is 2.31. The Kier molecular flexibility index (Phi) is 4.84. The number of nitro groups is 1. The molecule has 0 bridgehead atoms. The summed E-state index contributed by atoms with van der Waals surface area (Å²) < 4.78 is 6.39. The highest BCUT2D eigenvalue weighted by molar-refractivity contribution is 5.81. The van der Waals surface area contributed by atoms with Crippen molar-refractivity contribution < 1.29 is 19.2 Å². The Labute approximate surface area is 147 Å². The van der Waals surface area contributed by atoms with Gasteiger partial charge in [-0.25, -0.2) is 14.3 Å². The van der Waals surface area contributed by atoms with Crippen LogP contribution in [0.1, 0.15) is 16.1 Å². The highest BCUT2D eigenvalue weighted by Crippen LogP contribution is 2.19. The lowest BCUT2D eigenvalue weighted by Crippen LogP contribution is -2.14. The van der Waals surface area contributed by atoms with E-state index < -0.39 is 11.0 Å². The fraction of sp³-hybridized carbons (Fsp3) is 0.0556. The van der Waals surface area contributed by atoms with Crippen LogP contribution in [0.5, 0.6) is 0 Å². The van der Waals surface area contributed by atoms with E-state index in [0.29, 0.717) is 23.2 Å². The Balaban J connectivity index is 1.78. The average Bonchev–Trinajstić information content (AvgIpc) is 3.12. The minimum absolute atomic E-state index is 0.0447. The Bertz CT molecular complexity index is 949. The Morgan fingerprint density at radius 2 is 1.85 bits per heavy atom. The van der Waals surface area contributed by atoms with E-state index in [0.717, 1.165) is 4.57 Å². The fourth-order valence-corrected chi connectivity index (χ4v) is 2.31. The molecule has 1 aromatic heterocycles. The molecule has 8 nitrogen and oxygen atoms in total. The summed E-state index contributed by atoms with van der Waals surface area (Å²) in [5, 5.41) is 10.6. The largest absolute Gasteiger partial charge is 0.444 e. The molecule has 0 amide bonds. The average molecular weight is 351 g/mol. The van der Waals surface area contributed by atoms with Crippen molar-refractivity contribution in [3.63, 3.8) is 0 Å². The highest BCUT2D eigenvalue weighted by atomic mass is 16.6. The van der Waals surface area contributed by atoms with Crippen LogP contribution in [-0.2, 0) is 11.3 Å². The van der Waals surface area contributed by atoms with Gasteiger partial charge in [0, 0.05) is 23.9 Å². The standard InChI is InChI=1S/C18H13N3O5/c22-11-15-10-20(17(19-15)14-4-2-1-3-5-14)18(23)26-12-13-6-8-16(9-7-13)21(24)25/h1-11H,12H2. The zero-order valence-corrected chi connectivity index (χ0v) is 13.4. The molecule has 1 heterocycles. The van der Waals surface area contributed by atoms with Crippen LogP contribution in [0.4, 0.5) is 10.5 Å². The summed E-state index contributed by atoms with van der Waals surface area (Å²) in [5.41, 5.74) is 1.32. The zero-order chi connectivity index (χ0) is 18.5. The van der Waals surface area contributed by atoms with Crippen LogP contribution in [0, 0.1) is 10.1 Å². The second-order valence-corrected chi connectivity index (χ2v) is 5.32. The Morgan fingerprint density at radius 1 is 1.15 bits per heavy atom. The number of imidazole rings is 1. The van der Waals surface area contributed by atoms with Gasteiger partial charge >= 0.3 is 6.09 Å². The van der Waals surface area contributed by atoms with Gasteiger partial charge in [0.15, 0.2) is 6.29 Å². The SMILES string of the molecule is O=Cc1cn(C(=O)OCc2ccc([N+](=O)[O-])cc2)c(-c2ccccc2)n1. The molecule has 0 aliphatic carbocycles. The number of benzene rings is 2. The molecular formula is C18H13N3O5. The van der Waals surface area contributed by atoms with E-state index in [1.807, 2.05) is 6.07 Å². The maximum Gasteiger partial charge on any atom is 0.420 e. The van der Waals surface area contributed by atoms with Crippen LogP contribution >= 0.6 is 0 Å². The maximum absolute atomic E-state index is 12.4. The molecular weight excluding hydrogens is 338 g/mol. The van der Waals surface area contributed by atoms with Crippen LogP contribution in [0.2, 0.25) is 0 Å². The molecule has 0 aliphatic rings. The molecule has 0 aliphatic heterocycles. The lowest BCUT2D eigenvalue weighted by molar-refractivity contribution is -0.384.